The first-order chi connectivity index (χ1) is 11.1. The average molecular weight is 356 g/mol. The number of aryl methyl sites for hydroxylation is 1. The molecule has 0 bridgehead atoms. The number of carbonyl (C=O) groups is 1. The zero-order valence-corrected chi connectivity index (χ0v) is 13.5. The van der Waals surface area contributed by atoms with E-state index < -0.39 is 33.1 Å². The van der Waals surface area contributed by atoms with Gasteiger partial charge in [0, 0.05) is 11.9 Å². The Kier molecular flexibility index (Phi) is 4.86. The van der Waals surface area contributed by atoms with Crippen molar-refractivity contribution in [3.05, 3.63) is 53.1 Å². The number of hydrogen-bond acceptors (Lipinski definition) is 5. The van der Waals surface area contributed by atoms with Crippen LogP contribution in [0.2, 0.25) is 0 Å². The summed E-state index contributed by atoms with van der Waals surface area (Å²) in [5.74, 6) is -3.51. The van der Waals surface area contributed by atoms with Crippen molar-refractivity contribution in [3.8, 4) is 0 Å². The molecule has 24 heavy (non-hydrogen) atoms. The zero-order valence-electron chi connectivity index (χ0n) is 12.7. The van der Waals surface area contributed by atoms with Gasteiger partial charge in [0.2, 0.25) is 0 Å². The van der Waals surface area contributed by atoms with E-state index in [9.17, 15) is 22.0 Å². The van der Waals surface area contributed by atoms with Crippen LogP contribution in [-0.4, -0.2) is 25.8 Å². The third-order valence-electron chi connectivity index (χ3n) is 3.33. The highest BCUT2D eigenvalue weighted by atomic mass is 32.2. The fourth-order valence-electron chi connectivity index (χ4n) is 2.06. The quantitative estimate of drug-likeness (QED) is 0.578. The van der Waals surface area contributed by atoms with Crippen molar-refractivity contribution in [1.29, 1.82) is 0 Å². The summed E-state index contributed by atoms with van der Waals surface area (Å²) in [5, 5.41) is 11.3. The van der Waals surface area contributed by atoms with Crippen LogP contribution in [0.15, 0.2) is 35.2 Å². The number of halogens is 2. The number of rotatable bonds is 4. The van der Waals surface area contributed by atoms with Crippen LogP contribution in [0, 0.1) is 18.6 Å². The average Bonchev–Trinajstić information content (AvgIpc) is 2.52. The molecule has 2 aromatic rings. The number of hydroxylamine groups is 1. The van der Waals surface area contributed by atoms with Gasteiger partial charge in [-0.2, -0.15) is 0 Å². The summed E-state index contributed by atoms with van der Waals surface area (Å²) in [6.45, 7) is 1.57. The van der Waals surface area contributed by atoms with E-state index in [1.807, 2.05) is 0 Å². The molecule has 128 valence electrons. The molecule has 6 nitrogen and oxygen atoms in total. The second-order valence-corrected chi connectivity index (χ2v) is 7.11. The van der Waals surface area contributed by atoms with Gasteiger partial charge in [-0.1, -0.05) is 0 Å². The summed E-state index contributed by atoms with van der Waals surface area (Å²) in [4.78, 5) is 11.7. The van der Waals surface area contributed by atoms with Crippen LogP contribution in [0.3, 0.4) is 0 Å². The molecule has 1 amide bonds. The van der Waals surface area contributed by atoms with E-state index in [-0.39, 0.29) is 16.1 Å². The summed E-state index contributed by atoms with van der Waals surface area (Å²) < 4.78 is 50.6. The van der Waals surface area contributed by atoms with Crippen LogP contribution in [0.1, 0.15) is 15.9 Å². The van der Waals surface area contributed by atoms with Crippen molar-refractivity contribution in [2.45, 2.75) is 11.8 Å². The molecule has 3 N–H and O–H groups in total. The molecule has 0 aliphatic rings. The zero-order chi connectivity index (χ0) is 18.1. The fourth-order valence-corrected chi connectivity index (χ4v) is 2.77. The Morgan fingerprint density at radius 2 is 1.83 bits per heavy atom. The van der Waals surface area contributed by atoms with Crippen molar-refractivity contribution < 1.29 is 27.2 Å². The lowest BCUT2D eigenvalue weighted by molar-refractivity contribution is 0.0707. The number of amides is 1. The lowest BCUT2D eigenvalue weighted by Gasteiger charge is -2.15. The monoisotopic (exact) mass is 356 g/mol. The van der Waals surface area contributed by atoms with E-state index in [1.165, 1.54) is 23.7 Å². The third-order valence-corrected chi connectivity index (χ3v) is 4.44. The Hall–Kier alpha value is -2.52. The molecule has 9 heteroatoms. The Labute approximate surface area is 137 Å². The molecule has 0 aliphatic carbocycles. The summed E-state index contributed by atoms with van der Waals surface area (Å²) in [6.07, 6.45) is 1.05. The number of anilines is 2. The van der Waals surface area contributed by atoms with E-state index in [0.29, 0.717) is 5.56 Å². The Bertz CT molecular complexity index is 914. The minimum atomic E-state index is -3.41. The third kappa shape index (κ3) is 3.52. The van der Waals surface area contributed by atoms with E-state index in [2.05, 4.69) is 5.32 Å². The minimum absolute atomic E-state index is 0.0681. The van der Waals surface area contributed by atoms with Crippen LogP contribution in [-0.2, 0) is 9.84 Å². The largest absolute Gasteiger partial charge is 0.352 e. The highest BCUT2D eigenvalue weighted by Gasteiger charge is 2.19. The second-order valence-electron chi connectivity index (χ2n) is 5.10. The maximum Gasteiger partial charge on any atom is 0.276 e. The topological polar surface area (TPSA) is 95.5 Å². The van der Waals surface area contributed by atoms with Crippen LogP contribution >= 0.6 is 0 Å². The highest BCUT2D eigenvalue weighted by Crippen LogP contribution is 2.29. The van der Waals surface area contributed by atoms with Crippen molar-refractivity contribution in [3.63, 3.8) is 0 Å². The molecule has 0 aromatic heterocycles. The van der Waals surface area contributed by atoms with Gasteiger partial charge in [0.1, 0.15) is 0 Å². The molecule has 0 atom stereocenters. The van der Waals surface area contributed by atoms with Gasteiger partial charge in [0.25, 0.3) is 5.91 Å². The SMILES string of the molecule is Cc1cc(S(C)(=O)=O)ccc1Nc1c(C(=O)NO)ccc(F)c1F. The van der Waals surface area contributed by atoms with Gasteiger partial charge < -0.3 is 5.32 Å². The molecule has 0 radical (unpaired) electrons. The predicted octanol–water partition coefficient (Wildman–Crippen LogP) is 2.54. The molecular weight excluding hydrogens is 342 g/mol. The van der Waals surface area contributed by atoms with Gasteiger partial charge in [-0.05, 0) is 42.8 Å². The lowest BCUT2D eigenvalue weighted by atomic mass is 10.1. The van der Waals surface area contributed by atoms with Gasteiger partial charge in [-0.3, -0.25) is 10.0 Å². The maximum atomic E-state index is 14.0. The standard InChI is InChI=1S/C15H14F2N2O4S/c1-8-7-9(24(2,22)23)3-6-12(8)18-14-10(15(20)19-21)4-5-11(16)13(14)17/h3-7,18,21H,1-2H3,(H,19,20). The van der Waals surface area contributed by atoms with Crippen LogP contribution in [0.25, 0.3) is 0 Å². The van der Waals surface area contributed by atoms with Gasteiger partial charge in [-0.25, -0.2) is 22.7 Å². The van der Waals surface area contributed by atoms with Crippen LogP contribution < -0.4 is 10.8 Å². The number of sulfone groups is 1. The van der Waals surface area contributed by atoms with E-state index in [1.54, 1.807) is 6.92 Å². The number of nitrogens with one attached hydrogen (secondary N) is 2. The fraction of sp³-hybridized carbons (Fsp3) is 0.133. The molecule has 0 saturated carbocycles. The number of carbonyl (C=O) groups excluding carboxylic acids is 1. The lowest BCUT2D eigenvalue weighted by Crippen LogP contribution is -2.20. The molecule has 0 saturated heterocycles. The Morgan fingerprint density at radius 1 is 1.17 bits per heavy atom. The minimum Gasteiger partial charge on any atom is -0.352 e. The predicted molar refractivity (Wildman–Crippen MR) is 83.2 cm³/mol. The maximum absolute atomic E-state index is 14.0. The Balaban J connectivity index is 2.52. The summed E-state index contributed by atoms with van der Waals surface area (Å²) >= 11 is 0. The molecular formula is C15H14F2N2O4S. The molecule has 0 heterocycles. The van der Waals surface area contributed by atoms with Crippen LogP contribution in [0.5, 0.6) is 0 Å². The first kappa shape index (κ1) is 17.8. The van der Waals surface area contributed by atoms with Crippen molar-refractivity contribution in [2.75, 3.05) is 11.6 Å². The van der Waals surface area contributed by atoms with E-state index in [0.717, 1.165) is 18.4 Å². The van der Waals surface area contributed by atoms with Crippen molar-refractivity contribution in [1.82, 2.24) is 5.48 Å². The second kappa shape index (κ2) is 6.54. The van der Waals surface area contributed by atoms with Crippen LogP contribution in [0.4, 0.5) is 20.2 Å². The number of hydrogen-bond donors (Lipinski definition) is 3. The van der Waals surface area contributed by atoms with E-state index in [4.69, 9.17) is 5.21 Å². The first-order valence-electron chi connectivity index (χ1n) is 6.65. The normalized spacial score (nSPS) is 11.2. The van der Waals surface area contributed by atoms with Gasteiger partial charge >= 0.3 is 0 Å². The highest BCUT2D eigenvalue weighted by molar-refractivity contribution is 7.90. The molecule has 0 spiro atoms. The van der Waals surface area contributed by atoms with Crippen molar-refractivity contribution in [2.24, 2.45) is 0 Å². The molecule has 2 aromatic carbocycles. The summed E-state index contributed by atoms with van der Waals surface area (Å²) in [6, 6.07) is 5.79. The molecule has 0 unspecified atom stereocenters. The molecule has 2 rings (SSSR count). The first-order valence-corrected chi connectivity index (χ1v) is 8.54. The van der Waals surface area contributed by atoms with Gasteiger partial charge in [0.05, 0.1) is 16.1 Å². The van der Waals surface area contributed by atoms with Gasteiger partial charge in [0.15, 0.2) is 21.5 Å². The summed E-state index contributed by atoms with van der Waals surface area (Å²) in [7, 11) is -3.41. The molecule has 0 aliphatic heterocycles. The number of benzene rings is 2. The molecule has 0 fully saturated rings. The Morgan fingerprint density at radius 3 is 2.38 bits per heavy atom. The van der Waals surface area contributed by atoms with Crippen molar-refractivity contribution >= 4 is 27.1 Å². The smallest absolute Gasteiger partial charge is 0.276 e. The van der Waals surface area contributed by atoms with E-state index >= 15 is 0 Å². The summed E-state index contributed by atoms with van der Waals surface area (Å²) in [5.41, 5.74) is 1.28. The van der Waals surface area contributed by atoms with Gasteiger partial charge in [-0.15, -0.1) is 0 Å².